The number of H-pyrrole nitrogens is 1. The molecule has 2 N–H and O–H groups in total. The van der Waals surface area contributed by atoms with Gasteiger partial charge in [-0.2, -0.15) is 0 Å². The van der Waals surface area contributed by atoms with Gasteiger partial charge in [0.25, 0.3) is 0 Å². The lowest BCUT2D eigenvalue weighted by atomic mass is 10.1. The highest BCUT2D eigenvalue weighted by atomic mass is 16.5. The van der Waals surface area contributed by atoms with Crippen LogP contribution >= 0.6 is 0 Å². The zero-order valence-electron chi connectivity index (χ0n) is 9.43. The molecule has 2 aromatic rings. The van der Waals surface area contributed by atoms with Gasteiger partial charge in [0.15, 0.2) is 0 Å². The standard InChI is InChI=1S/C13H13NO3/c1-2-17-13(16)12-7-10(8-14-12)9-3-5-11(15)6-4-9/h3-8,14-15H,2H2,1H3. The van der Waals surface area contributed by atoms with Crippen LogP contribution in [-0.4, -0.2) is 22.7 Å². The number of hydrogen-bond donors (Lipinski definition) is 2. The molecule has 0 spiro atoms. The minimum absolute atomic E-state index is 0.218. The van der Waals surface area contributed by atoms with E-state index in [1.54, 1.807) is 43.5 Å². The highest BCUT2D eigenvalue weighted by Crippen LogP contribution is 2.22. The first-order valence-electron chi connectivity index (χ1n) is 5.35. The zero-order chi connectivity index (χ0) is 12.3. The third-order valence-corrected chi connectivity index (χ3v) is 2.38. The van der Waals surface area contributed by atoms with Crippen molar-refractivity contribution in [2.75, 3.05) is 6.61 Å². The Labute approximate surface area is 98.9 Å². The molecule has 2 rings (SSSR count). The van der Waals surface area contributed by atoms with Crippen LogP contribution in [0.25, 0.3) is 11.1 Å². The molecule has 0 bridgehead atoms. The number of carbonyl (C=O) groups excluding carboxylic acids is 1. The number of aromatic amines is 1. The fourth-order valence-corrected chi connectivity index (χ4v) is 1.54. The summed E-state index contributed by atoms with van der Waals surface area (Å²) in [6.07, 6.45) is 1.73. The highest BCUT2D eigenvalue weighted by Gasteiger charge is 2.09. The quantitative estimate of drug-likeness (QED) is 0.798. The van der Waals surface area contributed by atoms with Gasteiger partial charge in [0.05, 0.1) is 6.61 Å². The number of hydrogen-bond acceptors (Lipinski definition) is 3. The van der Waals surface area contributed by atoms with Crippen LogP contribution in [0.5, 0.6) is 5.75 Å². The maximum absolute atomic E-state index is 11.4. The lowest BCUT2D eigenvalue weighted by Crippen LogP contribution is -2.04. The SMILES string of the molecule is CCOC(=O)c1cc(-c2ccc(O)cc2)c[nH]1. The molecule has 88 valence electrons. The first kappa shape index (κ1) is 11.3. The Morgan fingerprint density at radius 2 is 2.00 bits per heavy atom. The number of rotatable bonds is 3. The number of ether oxygens (including phenoxy) is 1. The van der Waals surface area contributed by atoms with E-state index >= 15 is 0 Å². The number of nitrogens with one attached hydrogen (secondary N) is 1. The van der Waals surface area contributed by atoms with E-state index in [2.05, 4.69) is 4.98 Å². The van der Waals surface area contributed by atoms with Crippen LogP contribution in [0.4, 0.5) is 0 Å². The number of benzene rings is 1. The maximum Gasteiger partial charge on any atom is 0.354 e. The molecule has 0 aliphatic carbocycles. The zero-order valence-corrected chi connectivity index (χ0v) is 9.43. The second-order valence-corrected chi connectivity index (χ2v) is 3.57. The van der Waals surface area contributed by atoms with Gasteiger partial charge in [-0.25, -0.2) is 4.79 Å². The number of phenolic OH excluding ortho intramolecular Hbond substituents is 1. The second-order valence-electron chi connectivity index (χ2n) is 3.57. The normalized spacial score (nSPS) is 10.2. The molecule has 0 amide bonds. The summed E-state index contributed by atoms with van der Waals surface area (Å²) in [7, 11) is 0. The van der Waals surface area contributed by atoms with Crippen molar-refractivity contribution in [3.63, 3.8) is 0 Å². The molecular weight excluding hydrogens is 218 g/mol. The van der Waals surface area contributed by atoms with Gasteiger partial charge in [-0.1, -0.05) is 12.1 Å². The van der Waals surface area contributed by atoms with Gasteiger partial charge in [0, 0.05) is 6.20 Å². The van der Waals surface area contributed by atoms with Crippen molar-refractivity contribution in [2.24, 2.45) is 0 Å². The molecule has 17 heavy (non-hydrogen) atoms. The van der Waals surface area contributed by atoms with Gasteiger partial charge in [0.1, 0.15) is 11.4 Å². The smallest absolute Gasteiger partial charge is 0.354 e. The Balaban J connectivity index is 2.23. The molecule has 0 radical (unpaired) electrons. The summed E-state index contributed by atoms with van der Waals surface area (Å²) in [5, 5.41) is 9.19. The van der Waals surface area contributed by atoms with Crippen molar-refractivity contribution < 1.29 is 14.6 Å². The van der Waals surface area contributed by atoms with E-state index in [4.69, 9.17) is 4.74 Å². The number of aromatic hydroxyl groups is 1. The number of carbonyl (C=O) groups is 1. The lowest BCUT2D eigenvalue weighted by Gasteiger charge is -1.98. The first-order chi connectivity index (χ1) is 8.20. The summed E-state index contributed by atoms with van der Waals surface area (Å²) >= 11 is 0. The van der Waals surface area contributed by atoms with Crippen molar-refractivity contribution in [2.45, 2.75) is 6.92 Å². The third kappa shape index (κ3) is 2.47. The summed E-state index contributed by atoms with van der Waals surface area (Å²) < 4.78 is 4.89. The van der Waals surface area contributed by atoms with E-state index in [9.17, 15) is 9.90 Å². The molecule has 0 saturated carbocycles. The number of esters is 1. The van der Waals surface area contributed by atoms with E-state index in [0.717, 1.165) is 11.1 Å². The first-order valence-corrected chi connectivity index (χ1v) is 5.35. The van der Waals surface area contributed by atoms with Crippen LogP contribution < -0.4 is 0 Å². The fraction of sp³-hybridized carbons (Fsp3) is 0.154. The minimum atomic E-state index is -0.363. The Kier molecular flexibility index (Phi) is 3.14. The van der Waals surface area contributed by atoms with Crippen LogP contribution in [0.3, 0.4) is 0 Å². The second kappa shape index (κ2) is 4.74. The van der Waals surface area contributed by atoms with Crippen molar-refractivity contribution >= 4 is 5.97 Å². The molecule has 0 fully saturated rings. The van der Waals surface area contributed by atoms with Crippen molar-refractivity contribution in [3.05, 3.63) is 42.2 Å². The summed E-state index contributed by atoms with van der Waals surface area (Å²) in [5.41, 5.74) is 2.23. The summed E-state index contributed by atoms with van der Waals surface area (Å²) in [4.78, 5) is 14.3. The fourth-order valence-electron chi connectivity index (χ4n) is 1.54. The topological polar surface area (TPSA) is 62.3 Å². The van der Waals surface area contributed by atoms with Crippen LogP contribution in [-0.2, 0) is 4.74 Å². The predicted molar refractivity (Wildman–Crippen MR) is 63.9 cm³/mol. The minimum Gasteiger partial charge on any atom is -0.508 e. The molecule has 4 heteroatoms. The summed E-state index contributed by atoms with van der Waals surface area (Å²) in [5.74, 6) is -0.146. The monoisotopic (exact) mass is 231 g/mol. The Morgan fingerprint density at radius 3 is 2.65 bits per heavy atom. The maximum atomic E-state index is 11.4. The summed E-state index contributed by atoms with van der Waals surface area (Å²) in [6, 6.07) is 8.50. The van der Waals surface area contributed by atoms with E-state index in [1.165, 1.54) is 0 Å². The lowest BCUT2D eigenvalue weighted by molar-refractivity contribution is 0.0520. The van der Waals surface area contributed by atoms with E-state index in [1.807, 2.05) is 0 Å². The molecular formula is C13H13NO3. The van der Waals surface area contributed by atoms with E-state index in [-0.39, 0.29) is 11.7 Å². The largest absolute Gasteiger partial charge is 0.508 e. The molecule has 0 unspecified atom stereocenters. The molecule has 4 nitrogen and oxygen atoms in total. The van der Waals surface area contributed by atoms with Gasteiger partial charge in [-0.15, -0.1) is 0 Å². The number of phenols is 1. The van der Waals surface area contributed by atoms with E-state index < -0.39 is 0 Å². The van der Waals surface area contributed by atoms with Gasteiger partial charge in [0.2, 0.25) is 0 Å². The Morgan fingerprint density at radius 1 is 1.29 bits per heavy atom. The van der Waals surface area contributed by atoms with Crippen molar-refractivity contribution in [3.8, 4) is 16.9 Å². The molecule has 1 aromatic heterocycles. The molecule has 1 aromatic carbocycles. The average Bonchev–Trinajstić information content (AvgIpc) is 2.80. The highest BCUT2D eigenvalue weighted by molar-refractivity contribution is 5.89. The van der Waals surface area contributed by atoms with Crippen LogP contribution in [0.1, 0.15) is 17.4 Å². The van der Waals surface area contributed by atoms with Crippen molar-refractivity contribution in [1.82, 2.24) is 4.98 Å². The Bertz CT molecular complexity index is 514. The third-order valence-electron chi connectivity index (χ3n) is 2.38. The van der Waals surface area contributed by atoms with Crippen LogP contribution in [0, 0.1) is 0 Å². The summed E-state index contributed by atoms with van der Waals surface area (Å²) in [6.45, 7) is 2.12. The molecule has 0 aliphatic heterocycles. The molecule has 0 saturated heterocycles. The van der Waals surface area contributed by atoms with Gasteiger partial charge in [-0.05, 0) is 36.2 Å². The van der Waals surface area contributed by atoms with Crippen LogP contribution in [0.15, 0.2) is 36.5 Å². The van der Waals surface area contributed by atoms with E-state index in [0.29, 0.717) is 12.3 Å². The van der Waals surface area contributed by atoms with Gasteiger partial charge < -0.3 is 14.8 Å². The average molecular weight is 231 g/mol. The molecule has 1 heterocycles. The number of aromatic nitrogens is 1. The van der Waals surface area contributed by atoms with Crippen molar-refractivity contribution in [1.29, 1.82) is 0 Å². The van der Waals surface area contributed by atoms with Gasteiger partial charge >= 0.3 is 5.97 Å². The van der Waals surface area contributed by atoms with Gasteiger partial charge in [-0.3, -0.25) is 0 Å². The predicted octanol–water partition coefficient (Wildman–Crippen LogP) is 2.56. The Hall–Kier alpha value is -2.23. The molecule has 0 atom stereocenters. The van der Waals surface area contributed by atoms with Crippen LogP contribution in [0.2, 0.25) is 0 Å². The molecule has 0 aliphatic rings.